The zero-order chi connectivity index (χ0) is 19.3. The summed E-state index contributed by atoms with van der Waals surface area (Å²) < 4.78 is 0. The largest absolute Gasteiger partial charge is 0.352 e. The van der Waals surface area contributed by atoms with Gasteiger partial charge in [0.1, 0.15) is 0 Å². The van der Waals surface area contributed by atoms with Crippen LogP contribution in [0.25, 0.3) is 22.0 Å². The highest BCUT2D eigenvalue weighted by molar-refractivity contribution is 6.10. The summed E-state index contributed by atoms with van der Waals surface area (Å²) in [5.74, 6) is -0.00858. The third-order valence-electron chi connectivity index (χ3n) is 5.49. The van der Waals surface area contributed by atoms with Gasteiger partial charge < -0.3 is 15.1 Å². The molecule has 1 aliphatic rings. The first kappa shape index (κ1) is 18.7. The molecule has 0 radical (unpaired) electrons. The van der Waals surface area contributed by atoms with Crippen LogP contribution in [0.15, 0.2) is 48.7 Å². The fourth-order valence-corrected chi connectivity index (χ4v) is 3.81. The lowest BCUT2D eigenvalue weighted by Crippen LogP contribution is -2.45. The van der Waals surface area contributed by atoms with Crippen molar-refractivity contribution in [3.05, 3.63) is 54.2 Å². The third kappa shape index (κ3) is 4.08. The Balaban J connectivity index is 1.41. The smallest absolute Gasteiger partial charge is 0.251 e. The summed E-state index contributed by atoms with van der Waals surface area (Å²) in [4.78, 5) is 17.6. The summed E-state index contributed by atoms with van der Waals surface area (Å²) in [5.41, 5.74) is 2.73. The summed E-state index contributed by atoms with van der Waals surface area (Å²) in [7, 11) is 2.17. The zero-order valence-corrected chi connectivity index (χ0v) is 16.3. The first-order valence-corrected chi connectivity index (χ1v) is 9.93. The second-order valence-electron chi connectivity index (χ2n) is 7.43. The fourth-order valence-electron chi connectivity index (χ4n) is 3.81. The van der Waals surface area contributed by atoms with Gasteiger partial charge in [-0.25, -0.2) is 0 Å². The van der Waals surface area contributed by atoms with E-state index in [1.54, 1.807) is 6.20 Å². The van der Waals surface area contributed by atoms with Gasteiger partial charge in [-0.1, -0.05) is 30.3 Å². The molecule has 2 heterocycles. The number of carbonyl (C=O) groups is 1. The van der Waals surface area contributed by atoms with E-state index < -0.39 is 0 Å². The van der Waals surface area contributed by atoms with Gasteiger partial charge in [-0.15, -0.1) is 0 Å². The van der Waals surface area contributed by atoms with Crippen molar-refractivity contribution in [1.82, 2.24) is 25.3 Å². The second kappa shape index (κ2) is 8.54. The molecule has 6 heteroatoms. The van der Waals surface area contributed by atoms with Crippen LogP contribution in [-0.2, 0) is 0 Å². The molecule has 0 bridgehead atoms. The van der Waals surface area contributed by atoms with E-state index in [1.807, 2.05) is 36.4 Å². The number of fused-ring (bicyclic) bond motifs is 1. The molecule has 2 N–H and O–H groups in total. The van der Waals surface area contributed by atoms with Crippen LogP contribution >= 0.6 is 0 Å². The molecule has 1 aromatic heterocycles. The Hall–Kier alpha value is -2.70. The minimum atomic E-state index is -0.00858. The van der Waals surface area contributed by atoms with Gasteiger partial charge in [0.25, 0.3) is 5.91 Å². The lowest BCUT2D eigenvalue weighted by atomic mass is 9.97. The van der Waals surface area contributed by atoms with Crippen LogP contribution in [0.2, 0.25) is 0 Å². The molecular weight excluding hydrogens is 350 g/mol. The molecule has 0 unspecified atom stereocenters. The maximum Gasteiger partial charge on any atom is 0.251 e. The molecule has 4 rings (SSSR count). The molecule has 28 heavy (non-hydrogen) atoms. The van der Waals surface area contributed by atoms with Crippen molar-refractivity contribution in [2.45, 2.75) is 6.42 Å². The molecule has 0 atom stereocenters. The molecule has 146 valence electrons. The maximum absolute atomic E-state index is 12.8. The molecule has 6 nitrogen and oxygen atoms in total. The maximum atomic E-state index is 12.8. The average Bonchev–Trinajstić information content (AvgIpc) is 3.26. The van der Waals surface area contributed by atoms with Crippen LogP contribution in [0.4, 0.5) is 0 Å². The van der Waals surface area contributed by atoms with Gasteiger partial charge in [-0.05, 0) is 42.9 Å². The molecule has 2 aromatic carbocycles. The highest BCUT2D eigenvalue weighted by Gasteiger charge is 2.15. The number of hydrogen-bond donors (Lipinski definition) is 2. The van der Waals surface area contributed by atoms with Crippen molar-refractivity contribution in [3.63, 3.8) is 0 Å². The standard InChI is InChI=1S/C22H27N5O/c1-26-13-15-27(16-14-26)12-4-10-23-22(28)20-8-7-19(21-9-11-24-25-21)17-5-2-3-6-18(17)20/h2-3,5-9,11H,4,10,12-16H2,1H3,(H,23,28)(H,24,25). The number of nitrogens with zero attached hydrogens (tertiary/aromatic N) is 3. The Kier molecular flexibility index (Phi) is 5.69. The quantitative estimate of drug-likeness (QED) is 0.648. The molecule has 0 spiro atoms. The van der Waals surface area contributed by atoms with E-state index in [0.717, 1.165) is 66.7 Å². The first-order valence-electron chi connectivity index (χ1n) is 9.93. The lowest BCUT2D eigenvalue weighted by Gasteiger charge is -2.32. The van der Waals surface area contributed by atoms with Crippen LogP contribution < -0.4 is 5.32 Å². The Labute approximate surface area is 165 Å². The van der Waals surface area contributed by atoms with Crippen LogP contribution in [0.3, 0.4) is 0 Å². The Morgan fingerprint density at radius 2 is 1.86 bits per heavy atom. The summed E-state index contributed by atoms with van der Waals surface area (Å²) in [6, 6.07) is 13.9. The SMILES string of the molecule is CN1CCN(CCCNC(=O)c2ccc(-c3ccn[nH]3)c3ccccc23)CC1. The van der Waals surface area contributed by atoms with E-state index in [1.165, 1.54) is 0 Å². The van der Waals surface area contributed by atoms with Gasteiger partial charge in [0.2, 0.25) is 0 Å². The van der Waals surface area contributed by atoms with Gasteiger partial charge in [0.05, 0.1) is 5.69 Å². The number of rotatable bonds is 6. The Morgan fingerprint density at radius 3 is 2.61 bits per heavy atom. The van der Waals surface area contributed by atoms with Crippen molar-refractivity contribution < 1.29 is 4.79 Å². The average molecular weight is 377 g/mol. The van der Waals surface area contributed by atoms with Crippen molar-refractivity contribution >= 4 is 16.7 Å². The number of carbonyl (C=O) groups excluding carboxylic acids is 1. The lowest BCUT2D eigenvalue weighted by molar-refractivity contribution is 0.0951. The summed E-state index contributed by atoms with van der Waals surface area (Å²) in [6.45, 7) is 6.21. The fraction of sp³-hybridized carbons (Fsp3) is 0.364. The van der Waals surface area contributed by atoms with E-state index >= 15 is 0 Å². The number of piperazine rings is 1. The summed E-state index contributed by atoms with van der Waals surface area (Å²) in [6.07, 6.45) is 2.71. The van der Waals surface area contributed by atoms with Gasteiger partial charge >= 0.3 is 0 Å². The number of likely N-dealkylation sites (N-methyl/N-ethyl adjacent to an activating group) is 1. The van der Waals surface area contributed by atoms with E-state index in [0.29, 0.717) is 6.54 Å². The van der Waals surface area contributed by atoms with Crippen molar-refractivity contribution in [2.75, 3.05) is 46.3 Å². The van der Waals surface area contributed by atoms with Crippen molar-refractivity contribution in [1.29, 1.82) is 0 Å². The predicted octanol–water partition coefficient (Wildman–Crippen LogP) is 2.60. The molecule has 3 aromatic rings. The molecule has 1 saturated heterocycles. The highest BCUT2D eigenvalue weighted by Crippen LogP contribution is 2.29. The number of hydrogen-bond acceptors (Lipinski definition) is 4. The second-order valence-corrected chi connectivity index (χ2v) is 7.43. The summed E-state index contributed by atoms with van der Waals surface area (Å²) >= 11 is 0. The zero-order valence-electron chi connectivity index (χ0n) is 16.3. The highest BCUT2D eigenvalue weighted by atomic mass is 16.1. The topological polar surface area (TPSA) is 64.3 Å². The molecule has 1 fully saturated rings. The van der Waals surface area contributed by atoms with Crippen LogP contribution in [0, 0.1) is 0 Å². The van der Waals surface area contributed by atoms with Gasteiger partial charge in [-0.3, -0.25) is 9.89 Å². The molecule has 1 amide bonds. The molecule has 0 saturated carbocycles. The van der Waals surface area contributed by atoms with Crippen LogP contribution in [-0.4, -0.2) is 72.2 Å². The van der Waals surface area contributed by atoms with Crippen molar-refractivity contribution in [2.24, 2.45) is 0 Å². The Morgan fingerprint density at radius 1 is 1.07 bits per heavy atom. The van der Waals surface area contributed by atoms with Gasteiger partial charge in [-0.2, -0.15) is 5.10 Å². The number of benzene rings is 2. The van der Waals surface area contributed by atoms with E-state index in [-0.39, 0.29) is 5.91 Å². The van der Waals surface area contributed by atoms with Crippen molar-refractivity contribution in [3.8, 4) is 11.3 Å². The first-order chi connectivity index (χ1) is 13.7. The number of amides is 1. The molecule has 1 aliphatic heterocycles. The van der Waals surface area contributed by atoms with Gasteiger partial charge in [0, 0.05) is 50.0 Å². The number of H-pyrrole nitrogens is 1. The van der Waals surface area contributed by atoms with Gasteiger partial charge in [0.15, 0.2) is 0 Å². The monoisotopic (exact) mass is 377 g/mol. The summed E-state index contributed by atoms with van der Waals surface area (Å²) in [5, 5.41) is 12.2. The van der Waals surface area contributed by atoms with E-state index in [9.17, 15) is 4.79 Å². The van der Waals surface area contributed by atoms with Crippen LogP contribution in [0.1, 0.15) is 16.8 Å². The molecular formula is C22H27N5O. The van der Waals surface area contributed by atoms with Crippen LogP contribution in [0.5, 0.6) is 0 Å². The minimum absolute atomic E-state index is 0.00858. The molecule has 0 aliphatic carbocycles. The number of aromatic nitrogens is 2. The number of aromatic amines is 1. The normalized spacial score (nSPS) is 15.8. The predicted molar refractivity (Wildman–Crippen MR) is 112 cm³/mol. The third-order valence-corrected chi connectivity index (χ3v) is 5.49. The minimum Gasteiger partial charge on any atom is -0.352 e. The Bertz CT molecular complexity index is 929. The van der Waals surface area contributed by atoms with E-state index in [4.69, 9.17) is 0 Å². The van der Waals surface area contributed by atoms with E-state index in [2.05, 4.69) is 38.4 Å². The number of nitrogens with one attached hydrogen (secondary N) is 2.